The van der Waals surface area contributed by atoms with Crippen LogP contribution in [0.15, 0.2) is 67.1 Å². The normalized spacial score (nSPS) is 11.0. The van der Waals surface area contributed by atoms with Crippen molar-refractivity contribution >= 4 is 41.1 Å². The number of aromatic amines is 1. The molecule has 0 bridgehead atoms. The maximum atomic E-state index is 10.9. The highest BCUT2D eigenvalue weighted by Crippen LogP contribution is 2.29. The third kappa shape index (κ3) is 5.99. The lowest BCUT2D eigenvalue weighted by atomic mass is 10.0. The number of H-pyrrole nitrogens is 1. The van der Waals surface area contributed by atoms with E-state index in [1.165, 1.54) is 0 Å². The van der Waals surface area contributed by atoms with Crippen LogP contribution in [-0.4, -0.2) is 37.8 Å². The van der Waals surface area contributed by atoms with Crippen molar-refractivity contribution < 1.29 is 9.90 Å². The Balaban J connectivity index is 1.63. The Bertz CT molecular complexity index is 1320. The van der Waals surface area contributed by atoms with Gasteiger partial charge in [0.2, 0.25) is 5.95 Å². The molecule has 4 N–H and O–H groups in total. The lowest BCUT2D eigenvalue weighted by molar-refractivity contribution is -0.131. The van der Waals surface area contributed by atoms with Crippen LogP contribution >= 0.6 is 11.6 Å². The third-order valence-corrected chi connectivity index (χ3v) is 5.50. The van der Waals surface area contributed by atoms with Gasteiger partial charge in [0.1, 0.15) is 5.82 Å². The molecule has 0 aliphatic heterocycles. The average molecular weight is 475 g/mol. The topological polar surface area (TPSA) is 116 Å². The van der Waals surface area contributed by atoms with E-state index >= 15 is 0 Å². The number of nitrogens with zero attached hydrogens (tertiary/aromatic N) is 3. The zero-order chi connectivity index (χ0) is 23.9. The van der Waals surface area contributed by atoms with Gasteiger partial charge >= 0.3 is 5.97 Å². The molecule has 8 nitrogen and oxygen atoms in total. The number of halogens is 1. The number of benzene rings is 2. The van der Waals surface area contributed by atoms with Crippen LogP contribution in [-0.2, 0) is 11.2 Å². The fourth-order valence-corrected chi connectivity index (χ4v) is 3.49. The molecule has 0 unspecified atom stereocenters. The van der Waals surface area contributed by atoms with Crippen molar-refractivity contribution in [3.05, 3.63) is 88.8 Å². The van der Waals surface area contributed by atoms with E-state index in [1.54, 1.807) is 18.5 Å². The number of nitrogens with one attached hydrogen (secondary N) is 3. The molecule has 2 heterocycles. The van der Waals surface area contributed by atoms with Crippen LogP contribution in [0.2, 0.25) is 5.02 Å². The van der Waals surface area contributed by atoms with Crippen LogP contribution in [0.25, 0.3) is 17.2 Å². The molecule has 0 amide bonds. The zero-order valence-corrected chi connectivity index (χ0v) is 19.2. The second-order valence-corrected chi connectivity index (χ2v) is 8.03. The van der Waals surface area contributed by atoms with E-state index in [4.69, 9.17) is 21.7 Å². The highest BCUT2D eigenvalue weighted by atomic mass is 35.5. The third-order valence-electron chi connectivity index (χ3n) is 5.09. The van der Waals surface area contributed by atoms with Gasteiger partial charge in [-0.3, -0.25) is 5.10 Å². The minimum absolute atomic E-state index is 0.427. The molecular formula is C25H23ClN6O2. The lowest BCUT2D eigenvalue weighted by Gasteiger charge is -2.14. The predicted octanol–water partition coefficient (Wildman–Crippen LogP) is 5.32. The molecule has 0 spiro atoms. The summed E-state index contributed by atoms with van der Waals surface area (Å²) in [5.74, 6) is 0.0805. The summed E-state index contributed by atoms with van der Waals surface area (Å²) in [7, 11) is 0. The monoisotopic (exact) mass is 474 g/mol. The molecule has 2 aromatic heterocycles. The van der Waals surface area contributed by atoms with Gasteiger partial charge in [0, 0.05) is 41.3 Å². The minimum atomic E-state index is -0.998. The van der Waals surface area contributed by atoms with Crippen LogP contribution in [0.4, 0.5) is 17.5 Å². The van der Waals surface area contributed by atoms with Crippen LogP contribution in [0.1, 0.15) is 16.7 Å². The summed E-state index contributed by atoms with van der Waals surface area (Å²) in [6.07, 6.45) is 8.81. The van der Waals surface area contributed by atoms with Crippen molar-refractivity contribution in [2.75, 3.05) is 17.2 Å². The quantitative estimate of drug-likeness (QED) is 0.242. The first-order chi connectivity index (χ1) is 16.5. The summed E-state index contributed by atoms with van der Waals surface area (Å²) in [4.78, 5) is 20.1. The average Bonchev–Trinajstić information content (AvgIpc) is 3.34. The van der Waals surface area contributed by atoms with E-state index in [0.717, 1.165) is 46.0 Å². The van der Waals surface area contributed by atoms with Crippen molar-refractivity contribution in [3.63, 3.8) is 0 Å². The largest absolute Gasteiger partial charge is 0.478 e. The summed E-state index contributed by atoms with van der Waals surface area (Å²) < 4.78 is 0. The Labute approximate surface area is 201 Å². The number of aromatic nitrogens is 4. The highest BCUT2D eigenvalue weighted by molar-refractivity contribution is 6.31. The van der Waals surface area contributed by atoms with E-state index in [1.807, 2.05) is 55.6 Å². The lowest BCUT2D eigenvalue weighted by Crippen LogP contribution is -2.09. The standard InChI is InChI=1S/C25H23ClN6O2/c1-16-5-7-20(12-22(16)26)31-25-28-15-21(19-4-2-3-17(11-19)6-8-23(33)34)24(32-25)27-10-9-18-13-29-30-14-18/h2-8,11-15H,9-10H2,1H3,(H,29,30)(H,33,34)(H2,27,28,31,32). The molecular weight excluding hydrogens is 452 g/mol. The van der Waals surface area contributed by atoms with Gasteiger partial charge in [-0.05, 0) is 59.9 Å². The van der Waals surface area contributed by atoms with Gasteiger partial charge in [-0.15, -0.1) is 0 Å². The van der Waals surface area contributed by atoms with Gasteiger partial charge in [-0.1, -0.05) is 35.9 Å². The number of carboxylic acid groups (broad SMARTS) is 1. The van der Waals surface area contributed by atoms with E-state index < -0.39 is 5.97 Å². The zero-order valence-electron chi connectivity index (χ0n) is 18.4. The van der Waals surface area contributed by atoms with Gasteiger partial charge < -0.3 is 15.7 Å². The number of aryl methyl sites for hydroxylation is 1. The predicted molar refractivity (Wildman–Crippen MR) is 134 cm³/mol. The fraction of sp³-hybridized carbons (Fsp3) is 0.120. The van der Waals surface area contributed by atoms with Gasteiger partial charge in [0.15, 0.2) is 0 Å². The molecule has 0 aliphatic rings. The molecule has 0 radical (unpaired) electrons. The molecule has 0 aliphatic carbocycles. The Morgan fingerprint density at radius 2 is 2.09 bits per heavy atom. The maximum absolute atomic E-state index is 10.9. The van der Waals surface area contributed by atoms with Crippen molar-refractivity contribution in [1.29, 1.82) is 0 Å². The second-order valence-electron chi connectivity index (χ2n) is 7.63. The maximum Gasteiger partial charge on any atom is 0.328 e. The first-order valence-electron chi connectivity index (χ1n) is 10.6. The second kappa shape index (κ2) is 10.6. The van der Waals surface area contributed by atoms with Crippen molar-refractivity contribution in [1.82, 2.24) is 20.2 Å². The number of anilines is 3. The van der Waals surface area contributed by atoms with Gasteiger partial charge in [0.05, 0.1) is 6.20 Å². The number of aliphatic carboxylic acids is 1. The molecule has 4 aromatic rings. The number of carbonyl (C=O) groups is 1. The molecule has 2 aromatic carbocycles. The van der Waals surface area contributed by atoms with Crippen molar-refractivity contribution in [2.24, 2.45) is 0 Å². The molecule has 4 rings (SSSR count). The van der Waals surface area contributed by atoms with E-state index in [2.05, 4.69) is 25.8 Å². The van der Waals surface area contributed by atoms with E-state index in [-0.39, 0.29) is 0 Å². The van der Waals surface area contributed by atoms with Crippen LogP contribution in [0, 0.1) is 6.92 Å². The first kappa shape index (κ1) is 23.0. The first-order valence-corrected chi connectivity index (χ1v) is 11.0. The Morgan fingerprint density at radius 1 is 1.21 bits per heavy atom. The molecule has 0 saturated carbocycles. The summed E-state index contributed by atoms with van der Waals surface area (Å²) in [6.45, 7) is 2.58. The van der Waals surface area contributed by atoms with Crippen molar-refractivity contribution in [2.45, 2.75) is 13.3 Å². The minimum Gasteiger partial charge on any atom is -0.478 e. The summed E-state index contributed by atoms with van der Waals surface area (Å²) in [6, 6.07) is 13.2. The number of rotatable bonds is 9. The van der Waals surface area contributed by atoms with Gasteiger partial charge in [-0.2, -0.15) is 10.1 Å². The van der Waals surface area contributed by atoms with Gasteiger partial charge in [0.25, 0.3) is 0 Å². The SMILES string of the molecule is Cc1ccc(Nc2ncc(-c3cccc(C=CC(=O)O)c3)c(NCCc3cn[nH]c3)n2)cc1Cl. The number of carboxylic acids is 1. The molecule has 172 valence electrons. The Kier molecular flexibility index (Phi) is 7.19. The summed E-state index contributed by atoms with van der Waals surface area (Å²) in [5.41, 5.74) is 5.28. The highest BCUT2D eigenvalue weighted by Gasteiger charge is 2.11. The van der Waals surface area contributed by atoms with Gasteiger partial charge in [-0.25, -0.2) is 9.78 Å². The number of hydrogen-bond donors (Lipinski definition) is 4. The molecule has 0 atom stereocenters. The summed E-state index contributed by atoms with van der Waals surface area (Å²) in [5, 5.41) is 23.0. The summed E-state index contributed by atoms with van der Waals surface area (Å²) >= 11 is 6.25. The van der Waals surface area contributed by atoms with Crippen LogP contribution in [0.3, 0.4) is 0 Å². The molecule has 0 saturated heterocycles. The Morgan fingerprint density at radius 3 is 2.85 bits per heavy atom. The van der Waals surface area contributed by atoms with Crippen LogP contribution in [0.5, 0.6) is 0 Å². The molecule has 9 heteroatoms. The Hall–Kier alpha value is -4.17. The molecule has 0 fully saturated rings. The number of hydrogen-bond acceptors (Lipinski definition) is 6. The van der Waals surface area contributed by atoms with Crippen LogP contribution < -0.4 is 10.6 Å². The van der Waals surface area contributed by atoms with E-state index in [9.17, 15) is 4.79 Å². The fourth-order valence-electron chi connectivity index (χ4n) is 3.30. The molecule has 34 heavy (non-hydrogen) atoms. The smallest absolute Gasteiger partial charge is 0.328 e. The van der Waals surface area contributed by atoms with E-state index in [0.29, 0.717) is 23.3 Å². The van der Waals surface area contributed by atoms with Crippen molar-refractivity contribution in [3.8, 4) is 11.1 Å².